The van der Waals surface area contributed by atoms with Gasteiger partial charge in [0.25, 0.3) is 0 Å². The predicted molar refractivity (Wildman–Crippen MR) is 176 cm³/mol. The molecule has 14 heteroatoms. The number of carbonyl (C=O) groups excluding carboxylic acids is 1. The molecule has 10 nitrogen and oxygen atoms in total. The predicted octanol–water partition coefficient (Wildman–Crippen LogP) is 5.72. The lowest BCUT2D eigenvalue weighted by atomic mass is 9.96. The van der Waals surface area contributed by atoms with Crippen LogP contribution in [-0.2, 0) is 4.79 Å². The summed E-state index contributed by atoms with van der Waals surface area (Å²) in [6.07, 6.45) is 4.06. The van der Waals surface area contributed by atoms with Crippen molar-refractivity contribution in [2.75, 3.05) is 50.5 Å². The third kappa shape index (κ3) is 4.83. The van der Waals surface area contributed by atoms with E-state index in [1.807, 2.05) is 22.9 Å². The van der Waals surface area contributed by atoms with E-state index in [0.717, 1.165) is 43.6 Å². The fraction of sp³-hybridized carbons (Fsp3) is 0.455. The molecule has 4 aliphatic heterocycles. The van der Waals surface area contributed by atoms with Crippen molar-refractivity contribution in [3.63, 3.8) is 0 Å². The molecule has 2 aromatic carbocycles. The largest absolute Gasteiger partial charge is 0.489 e. The number of nitrogens with two attached hydrogens (primary N) is 1. The summed E-state index contributed by atoms with van der Waals surface area (Å²) in [5.41, 5.74) is 6.24. The van der Waals surface area contributed by atoms with Crippen LogP contribution < -0.4 is 20.1 Å². The van der Waals surface area contributed by atoms with Gasteiger partial charge in [-0.25, -0.2) is 8.78 Å². The first kappa shape index (κ1) is 30.4. The molecule has 3 atom stereocenters. The average Bonchev–Trinajstić information content (AvgIpc) is 3.75. The Hall–Kier alpha value is -3.99. The molecule has 4 aliphatic rings. The Balaban J connectivity index is 1.38. The summed E-state index contributed by atoms with van der Waals surface area (Å²) in [6.45, 7) is 2.69. The van der Waals surface area contributed by atoms with Gasteiger partial charge in [0.2, 0.25) is 5.91 Å². The highest BCUT2D eigenvalue weighted by Gasteiger charge is 2.38. The van der Waals surface area contributed by atoms with Crippen LogP contribution in [0.4, 0.5) is 19.6 Å². The van der Waals surface area contributed by atoms with Crippen molar-refractivity contribution in [3.05, 3.63) is 34.4 Å². The van der Waals surface area contributed by atoms with Gasteiger partial charge in [0.05, 0.1) is 27.2 Å². The number of hydrogen-bond acceptors (Lipinski definition) is 10. The molecule has 4 aromatic rings. The van der Waals surface area contributed by atoms with Crippen LogP contribution >= 0.6 is 22.9 Å². The van der Waals surface area contributed by atoms with Crippen molar-refractivity contribution >= 4 is 60.7 Å². The lowest BCUT2D eigenvalue weighted by Crippen LogP contribution is -2.46. The van der Waals surface area contributed by atoms with Gasteiger partial charge in [-0.05, 0) is 57.3 Å². The Bertz CT molecular complexity index is 2000. The minimum absolute atomic E-state index is 0.000803. The molecule has 0 saturated carbocycles. The number of likely N-dealkylation sites (tertiary alicyclic amines) is 1. The topological polar surface area (TPSA) is 121 Å². The summed E-state index contributed by atoms with van der Waals surface area (Å²) < 4.78 is 45.1. The Morgan fingerprint density at radius 3 is 2.74 bits per heavy atom. The smallest absolute Gasteiger partial charge is 0.319 e. The first-order valence-corrected chi connectivity index (χ1v) is 17.1. The molecule has 2 N–H and O–H groups in total. The van der Waals surface area contributed by atoms with Gasteiger partial charge in [-0.1, -0.05) is 17.7 Å². The summed E-state index contributed by atoms with van der Waals surface area (Å²) in [5.74, 6) is -0.620. The summed E-state index contributed by atoms with van der Waals surface area (Å²) in [6, 6.07) is 4.67. The van der Waals surface area contributed by atoms with Gasteiger partial charge in [0.15, 0.2) is 11.6 Å². The van der Waals surface area contributed by atoms with Gasteiger partial charge >= 0.3 is 6.01 Å². The Morgan fingerprint density at radius 2 is 1.96 bits per heavy atom. The second-order valence-corrected chi connectivity index (χ2v) is 14.1. The summed E-state index contributed by atoms with van der Waals surface area (Å²) in [5, 5.41) is 10.5. The fourth-order valence-corrected chi connectivity index (χ4v) is 9.11. The molecular formula is C33H32ClF2N7O3S. The van der Waals surface area contributed by atoms with E-state index < -0.39 is 17.7 Å². The van der Waals surface area contributed by atoms with E-state index >= 15 is 4.39 Å². The van der Waals surface area contributed by atoms with Gasteiger partial charge in [0, 0.05) is 42.5 Å². The lowest BCUT2D eigenvalue weighted by molar-refractivity contribution is -0.132. The third-order valence-electron chi connectivity index (χ3n) is 10.1. The first-order valence-electron chi connectivity index (χ1n) is 15.9. The number of halogens is 3. The van der Waals surface area contributed by atoms with Crippen LogP contribution in [0, 0.1) is 23.0 Å². The van der Waals surface area contributed by atoms with Gasteiger partial charge in [-0.15, -0.1) is 11.3 Å². The highest BCUT2D eigenvalue weighted by Crippen LogP contribution is 2.51. The van der Waals surface area contributed by atoms with Crippen molar-refractivity contribution < 1.29 is 23.0 Å². The number of rotatable bonds is 2. The van der Waals surface area contributed by atoms with E-state index in [2.05, 4.69) is 9.88 Å². The van der Waals surface area contributed by atoms with Crippen LogP contribution in [-0.4, -0.2) is 83.7 Å². The first-order chi connectivity index (χ1) is 22.7. The van der Waals surface area contributed by atoms with E-state index in [0.29, 0.717) is 43.7 Å². The van der Waals surface area contributed by atoms with Gasteiger partial charge in [0.1, 0.15) is 40.9 Å². The Morgan fingerprint density at radius 1 is 1.13 bits per heavy atom. The van der Waals surface area contributed by atoms with E-state index in [-0.39, 0.29) is 78.7 Å². The number of amides is 1. The number of nitrogens with zero attached hydrogens (tertiary/aromatic N) is 6. The summed E-state index contributed by atoms with van der Waals surface area (Å²) >= 11 is 7.96. The molecule has 0 aliphatic carbocycles. The number of benzene rings is 2. The van der Waals surface area contributed by atoms with Crippen LogP contribution in [0.15, 0.2) is 12.1 Å². The van der Waals surface area contributed by atoms with Crippen LogP contribution in [0.25, 0.3) is 32.1 Å². The van der Waals surface area contributed by atoms with Crippen LogP contribution in [0.3, 0.4) is 0 Å². The quantitative estimate of drug-likeness (QED) is 0.284. The van der Waals surface area contributed by atoms with Crippen LogP contribution in [0.1, 0.15) is 44.1 Å². The maximum Gasteiger partial charge on any atom is 0.319 e. The molecule has 47 heavy (non-hydrogen) atoms. The number of fused-ring (bicyclic) bond motifs is 3. The molecule has 0 radical (unpaired) electrons. The van der Waals surface area contributed by atoms with Crippen molar-refractivity contribution in [1.29, 1.82) is 5.26 Å². The monoisotopic (exact) mass is 679 g/mol. The zero-order valence-corrected chi connectivity index (χ0v) is 27.3. The van der Waals surface area contributed by atoms with Crippen molar-refractivity contribution in [2.45, 2.75) is 56.7 Å². The van der Waals surface area contributed by atoms with Crippen LogP contribution in [0.5, 0.6) is 11.8 Å². The molecule has 244 valence electrons. The average molecular weight is 680 g/mol. The molecule has 2 fully saturated rings. The highest BCUT2D eigenvalue weighted by molar-refractivity contribution is 7.23. The highest BCUT2D eigenvalue weighted by atomic mass is 35.5. The molecule has 8 rings (SSSR count). The fourth-order valence-electron chi connectivity index (χ4n) is 7.83. The summed E-state index contributed by atoms with van der Waals surface area (Å²) in [4.78, 5) is 29.3. The number of carbonyl (C=O) groups is 1. The van der Waals surface area contributed by atoms with Crippen molar-refractivity contribution in [3.8, 4) is 29.0 Å². The van der Waals surface area contributed by atoms with Gasteiger partial charge in [-0.2, -0.15) is 15.2 Å². The molecule has 2 saturated heterocycles. The summed E-state index contributed by atoms with van der Waals surface area (Å²) in [7, 11) is 2.04. The zero-order chi connectivity index (χ0) is 32.6. The minimum Gasteiger partial charge on any atom is -0.489 e. The lowest BCUT2D eigenvalue weighted by Gasteiger charge is -2.34. The molecule has 6 heterocycles. The number of likely N-dealkylation sites (N-methyl/N-ethyl adjacent to an activating group) is 1. The van der Waals surface area contributed by atoms with E-state index in [1.54, 1.807) is 0 Å². The van der Waals surface area contributed by atoms with E-state index in [9.17, 15) is 14.4 Å². The standard InChI is InChI=1S/C33H32ClF2N7O3S/c1-41-10-3-5-20(41)21-8-9-22(44)43-11-2-4-16(43)15-42-12-13-45-29-25-28(39-33(46-21)40-32(25)42)27(36)24(26(29)34)17-6-7-19(35)30-23(17)18(14-37)31(38)47-30/h6-7,16,20-21H,2-5,8-13,15,38H2,1H3/t16?,20-,21?/m0/s1. The van der Waals surface area contributed by atoms with Crippen molar-refractivity contribution in [1.82, 2.24) is 19.8 Å². The van der Waals surface area contributed by atoms with Crippen molar-refractivity contribution in [2.24, 2.45) is 0 Å². The number of anilines is 2. The van der Waals surface area contributed by atoms with E-state index in [4.69, 9.17) is 31.8 Å². The van der Waals surface area contributed by atoms with E-state index in [1.165, 1.54) is 12.1 Å². The minimum atomic E-state index is -0.770. The zero-order valence-electron chi connectivity index (χ0n) is 25.7. The molecular weight excluding hydrogens is 648 g/mol. The van der Waals surface area contributed by atoms with Gasteiger partial charge in [-0.3, -0.25) is 9.69 Å². The molecule has 2 aromatic heterocycles. The maximum absolute atomic E-state index is 17.2. The molecule has 0 spiro atoms. The van der Waals surface area contributed by atoms with Gasteiger partial charge < -0.3 is 25.0 Å². The number of aromatic nitrogens is 2. The Labute approximate surface area is 278 Å². The Kier molecular flexibility index (Phi) is 7.50. The second-order valence-electron chi connectivity index (χ2n) is 12.7. The maximum atomic E-state index is 17.2. The number of ether oxygens (including phenoxy) is 2. The molecule has 2 bridgehead atoms. The molecule has 1 amide bonds. The normalized spacial score (nSPS) is 23.3. The number of nitriles is 1. The molecule has 2 unspecified atom stereocenters. The SMILES string of the molecule is CN1CCC[C@H]1C1CCC(=O)N2CCCC2CN2CCOc3c(Cl)c(-c4ccc(F)c5sc(N)c(C#N)c45)c(F)c4nc(nc2c34)O1. The number of nitrogen functional groups attached to an aromatic ring is 1. The van der Waals surface area contributed by atoms with Crippen LogP contribution in [0.2, 0.25) is 5.02 Å². The third-order valence-corrected chi connectivity index (χ3v) is 11.5. The number of hydrogen-bond donors (Lipinski definition) is 1. The second kappa shape index (κ2) is 11.6. The number of thiophene rings is 1.